The molecule has 43 valence electrons. The van der Waals surface area contributed by atoms with E-state index in [4.69, 9.17) is 0 Å². The van der Waals surface area contributed by atoms with Crippen molar-refractivity contribution < 1.29 is 0 Å². The van der Waals surface area contributed by atoms with Crippen LogP contribution in [0.2, 0.25) is 0 Å². The van der Waals surface area contributed by atoms with E-state index in [0.29, 0.717) is 0 Å². The average molecular weight is 128 g/mol. The number of hydrogen-bond donors (Lipinski definition) is 0. The molecule has 0 aliphatic heterocycles. The fourth-order valence-electron chi connectivity index (χ4n) is 0.375. The van der Waals surface area contributed by atoms with Crippen LogP contribution in [0.4, 0.5) is 0 Å². The number of rotatable bonds is 1. The molecule has 0 aliphatic rings. The maximum Gasteiger partial charge on any atom is 0.208 e. The Labute approximate surface area is 52.1 Å². The molecule has 1 aromatic rings. The van der Waals surface area contributed by atoms with Gasteiger partial charge in [0.05, 0.1) is 0 Å². The van der Waals surface area contributed by atoms with Crippen molar-refractivity contribution in [3.05, 3.63) is 6.33 Å². The summed E-state index contributed by atoms with van der Waals surface area (Å²) in [4.78, 5) is 3.82. The normalized spacial score (nSPS) is 9.75. The van der Waals surface area contributed by atoms with Gasteiger partial charge in [-0.15, -0.1) is 5.10 Å². The molecule has 0 saturated carbocycles. The van der Waals surface area contributed by atoms with Crippen molar-refractivity contribution in [3.63, 3.8) is 0 Å². The number of nitrogens with zero attached hydrogens (tertiary/aromatic N) is 3. The van der Waals surface area contributed by atoms with Gasteiger partial charge in [0.1, 0.15) is 0 Å². The number of thioether (sulfide) groups is 1. The Hall–Kier alpha value is -0.510. The van der Waals surface area contributed by atoms with E-state index in [-0.39, 0.29) is 0 Å². The number of aromatic nitrogens is 3. The maximum absolute atomic E-state index is 3.94. The Balaban J connectivity index is 2.84. The van der Waals surface area contributed by atoms with Gasteiger partial charge in [-0.2, -0.15) is 4.98 Å². The van der Waals surface area contributed by atoms with Gasteiger partial charge in [0.15, 0.2) is 6.33 Å². The first-order valence-electron chi connectivity index (χ1n) is 2.15. The van der Waals surface area contributed by atoms with Gasteiger partial charge in [-0.05, 0) is 6.26 Å². The second-order valence-corrected chi connectivity index (χ2v) is 2.10. The Morgan fingerprint density at radius 3 is 2.75 bits per heavy atom. The van der Waals surface area contributed by atoms with E-state index in [2.05, 4.69) is 16.4 Å². The maximum atomic E-state index is 3.94. The van der Waals surface area contributed by atoms with E-state index in [1.165, 1.54) is 11.8 Å². The van der Waals surface area contributed by atoms with Crippen LogP contribution in [0.3, 0.4) is 0 Å². The molecule has 0 saturated heterocycles. The fraction of sp³-hybridized carbons (Fsp3) is 0.500. The van der Waals surface area contributed by atoms with Crippen LogP contribution in [0.1, 0.15) is 0 Å². The van der Waals surface area contributed by atoms with Gasteiger partial charge in [-0.3, -0.25) is 0 Å². The van der Waals surface area contributed by atoms with Crippen LogP contribution in [-0.4, -0.2) is 21.0 Å². The van der Waals surface area contributed by atoms with Gasteiger partial charge in [0.25, 0.3) is 0 Å². The van der Waals surface area contributed by atoms with E-state index < -0.39 is 0 Å². The van der Waals surface area contributed by atoms with Crippen LogP contribution < -0.4 is 0 Å². The van der Waals surface area contributed by atoms with Gasteiger partial charge in [0, 0.05) is 7.05 Å². The molecule has 0 aromatic carbocycles. The van der Waals surface area contributed by atoms with Crippen molar-refractivity contribution in [2.24, 2.45) is 7.05 Å². The van der Waals surface area contributed by atoms with Crippen LogP contribution in [0, 0.1) is 6.33 Å². The largest absolute Gasteiger partial charge is 0.245 e. The van der Waals surface area contributed by atoms with E-state index >= 15 is 0 Å². The highest BCUT2D eigenvalue weighted by Crippen LogP contribution is 2.03. The molecular weight excluding hydrogens is 122 g/mol. The zero-order valence-corrected chi connectivity index (χ0v) is 5.57. The average Bonchev–Trinajstić information content (AvgIpc) is 2.14. The smallest absolute Gasteiger partial charge is 0.208 e. The fourth-order valence-corrected chi connectivity index (χ4v) is 0.711. The second kappa shape index (κ2) is 2.17. The predicted molar refractivity (Wildman–Crippen MR) is 31.6 cm³/mol. The van der Waals surface area contributed by atoms with E-state index in [1.807, 2.05) is 6.26 Å². The van der Waals surface area contributed by atoms with Crippen molar-refractivity contribution in [1.82, 2.24) is 14.8 Å². The Bertz CT molecular complexity index is 172. The van der Waals surface area contributed by atoms with E-state index in [1.54, 1.807) is 11.7 Å². The third kappa shape index (κ3) is 1.01. The van der Waals surface area contributed by atoms with Crippen molar-refractivity contribution in [2.75, 3.05) is 6.26 Å². The quantitative estimate of drug-likeness (QED) is 0.511. The van der Waals surface area contributed by atoms with Crippen molar-refractivity contribution in [3.8, 4) is 0 Å². The molecule has 3 nitrogen and oxygen atoms in total. The number of aryl methyl sites for hydroxylation is 1. The molecule has 0 N–H and O–H groups in total. The molecule has 0 unspecified atom stereocenters. The summed E-state index contributed by atoms with van der Waals surface area (Å²) < 4.78 is 1.56. The molecule has 0 aliphatic carbocycles. The zero-order valence-electron chi connectivity index (χ0n) is 4.75. The molecule has 0 atom stereocenters. The minimum atomic E-state index is 0.771. The lowest BCUT2D eigenvalue weighted by Crippen LogP contribution is -1.86. The minimum Gasteiger partial charge on any atom is -0.245 e. The first-order chi connectivity index (χ1) is 3.83. The molecule has 0 amide bonds. The highest BCUT2D eigenvalue weighted by atomic mass is 32.2. The monoisotopic (exact) mass is 128 g/mol. The van der Waals surface area contributed by atoms with Crippen molar-refractivity contribution in [1.29, 1.82) is 0 Å². The summed E-state index contributed by atoms with van der Waals surface area (Å²) in [6.07, 6.45) is 4.59. The van der Waals surface area contributed by atoms with Crippen molar-refractivity contribution >= 4 is 11.8 Å². The summed E-state index contributed by atoms with van der Waals surface area (Å²) in [6, 6.07) is 0. The van der Waals surface area contributed by atoms with Crippen LogP contribution in [0.15, 0.2) is 5.16 Å². The first-order valence-corrected chi connectivity index (χ1v) is 3.38. The first kappa shape index (κ1) is 5.62. The molecule has 1 aromatic heterocycles. The summed E-state index contributed by atoms with van der Waals surface area (Å²) in [6.45, 7) is 0. The second-order valence-electron chi connectivity index (χ2n) is 1.32. The van der Waals surface area contributed by atoms with E-state index in [0.717, 1.165) is 5.16 Å². The topological polar surface area (TPSA) is 30.7 Å². The highest BCUT2D eigenvalue weighted by Gasteiger charge is 1.92. The molecule has 0 spiro atoms. The SMILES string of the molecule is CSc1n[c]n(C)n1. The van der Waals surface area contributed by atoms with Crippen LogP contribution in [0.5, 0.6) is 0 Å². The molecule has 1 radical (unpaired) electrons. The van der Waals surface area contributed by atoms with Gasteiger partial charge >= 0.3 is 0 Å². The number of hydrogen-bond acceptors (Lipinski definition) is 3. The van der Waals surface area contributed by atoms with Crippen LogP contribution in [-0.2, 0) is 7.05 Å². The molecule has 1 heterocycles. The van der Waals surface area contributed by atoms with Gasteiger partial charge in [-0.25, -0.2) is 4.68 Å². The standard InChI is InChI=1S/C4H6N3S/c1-7-3-5-4(6-7)8-2/h1-2H3. The van der Waals surface area contributed by atoms with Crippen LogP contribution >= 0.6 is 11.8 Å². The Morgan fingerprint density at radius 1 is 1.75 bits per heavy atom. The Kier molecular flexibility index (Phi) is 1.53. The lowest BCUT2D eigenvalue weighted by molar-refractivity contribution is 0.733. The summed E-state index contributed by atoms with van der Waals surface area (Å²) >= 11 is 1.52. The summed E-state index contributed by atoms with van der Waals surface area (Å²) in [5, 5.41) is 4.71. The molecule has 1 rings (SSSR count). The summed E-state index contributed by atoms with van der Waals surface area (Å²) in [5.74, 6) is 0. The van der Waals surface area contributed by atoms with Crippen LogP contribution in [0.25, 0.3) is 0 Å². The molecule has 4 heteroatoms. The molecular formula is C4H6N3S. The van der Waals surface area contributed by atoms with Gasteiger partial charge < -0.3 is 0 Å². The lowest BCUT2D eigenvalue weighted by atomic mass is 11.2. The van der Waals surface area contributed by atoms with Gasteiger partial charge in [-0.1, -0.05) is 11.8 Å². The minimum absolute atomic E-state index is 0.771. The predicted octanol–water partition coefficient (Wildman–Crippen LogP) is 0.337. The molecule has 0 bridgehead atoms. The molecule has 8 heavy (non-hydrogen) atoms. The summed E-state index contributed by atoms with van der Waals surface area (Å²) in [7, 11) is 1.80. The highest BCUT2D eigenvalue weighted by molar-refractivity contribution is 7.98. The van der Waals surface area contributed by atoms with Gasteiger partial charge in [0.2, 0.25) is 5.16 Å². The Morgan fingerprint density at radius 2 is 2.50 bits per heavy atom. The third-order valence-corrected chi connectivity index (χ3v) is 1.25. The molecule has 0 fully saturated rings. The summed E-state index contributed by atoms with van der Waals surface area (Å²) in [5.41, 5.74) is 0. The zero-order chi connectivity index (χ0) is 5.98. The third-order valence-electron chi connectivity index (χ3n) is 0.708. The lowest BCUT2D eigenvalue weighted by Gasteiger charge is -1.79. The van der Waals surface area contributed by atoms with E-state index in [9.17, 15) is 0 Å². The van der Waals surface area contributed by atoms with Crippen molar-refractivity contribution in [2.45, 2.75) is 5.16 Å².